The van der Waals surface area contributed by atoms with Gasteiger partial charge in [-0.1, -0.05) is 0 Å². The van der Waals surface area contributed by atoms with E-state index in [2.05, 4.69) is 15.5 Å². The number of fused-ring (bicyclic) bond motifs is 1. The van der Waals surface area contributed by atoms with Crippen LogP contribution < -0.4 is 5.32 Å². The van der Waals surface area contributed by atoms with Crippen molar-refractivity contribution in [2.75, 3.05) is 19.8 Å². The Morgan fingerprint density at radius 2 is 2.44 bits per heavy atom. The summed E-state index contributed by atoms with van der Waals surface area (Å²) in [6.07, 6.45) is 1.75. The van der Waals surface area contributed by atoms with E-state index < -0.39 is 0 Å². The van der Waals surface area contributed by atoms with Crippen molar-refractivity contribution >= 4 is 5.65 Å². The second-order valence-electron chi connectivity index (χ2n) is 3.69. The molecule has 1 fully saturated rings. The third-order valence-electron chi connectivity index (χ3n) is 2.65. The van der Waals surface area contributed by atoms with Crippen LogP contribution in [0, 0.1) is 5.82 Å². The summed E-state index contributed by atoms with van der Waals surface area (Å²) in [6, 6.07) is 2.99. The summed E-state index contributed by atoms with van der Waals surface area (Å²) in [4.78, 5) is 0. The molecule has 6 heteroatoms. The summed E-state index contributed by atoms with van der Waals surface area (Å²) in [5.74, 6) is 0.326. The number of morpholine rings is 1. The number of aromatic nitrogens is 3. The lowest BCUT2D eigenvalue weighted by molar-refractivity contribution is 0.0739. The summed E-state index contributed by atoms with van der Waals surface area (Å²) in [6.45, 7) is 2.01. The van der Waals surface area contributed by atoms with Crippen LogP contribution in [0.5, 0.6) is 0 Å². The Kier molecular flexibility index (Phi) is 2.30. The van der Waals surface area contributed by atoms with Crippen LogP contribution in [0.15, 0.2) is 18.3 Å². The molecule has 5 nitrogen and oxygen atoms in total. The third kappa shape index (κ3) is 1.46. The fourth-order valence-electron chi connectivity index (χ4n) is 1.87. The van der Waals surface area contributed by atoms with Crippen molar-refractivity contribution < 1.29 is 9.13 Å². The number of hydrogen-bond donors (Lipinski definition) is 1. The second kappa shape index (κ2) is 3.80. The molecule has 2 aromatic rings. The summed E-state index contributed by atoms with van der Waals surface area (Å²) in [5.41, 5.74) is 0.255. The van der Waals surface area contributed by atoms with Crippen LogP contribution in [0.4, 0.5) is 4.39 Å². The molecule has 1 atom stereocenters. The van der Waals surface area contributed by atoms with Gasteiger partial charge in [0.25, 0.3) is 0 Å². The molecule has 1 aliphatic rings. The zero-order valence-corrected chi connectivity index (χ0v) is 8.56. The standard InChI is InChI=1S/C10H11FN4O/c11-7-2-1-4-15-9(7)13-14-10(15)8-6-16-5-3-12-8/h1-2,4,8,12H,3,5-6H2. The lowest BCUT2D eigenvalue weighted by atomic mass is 10.2. The first-order valence-corrected chi connectivity index (χ1v) is 5.16. The molecule has 0 aliphatic carbocycles. The molecule has 0 amide bonds. The average Bonchev–Trinajstić information content (AvgIpc) is 2.75. The molecule has 0 bridgehead atoms. The molecule has 0 saturated carbocycles. The number of halogens is 1. The fraction of sp³-hybridized carbons (Fsp3) is 0.400. The van der Waals surface area contributed by atoms with Gasteiger partial charge in [-0.25, -0.2) is 4.39 Å². The lowest BCUT2D eigenvalue weighted by Gasteiger charge is -2.22. The minimum atomic E-state index is -0.363. The highest BCUT2D eigenvalue weighted by Crippen LogP contribution is 2.16. The van der Waals surface area contributed by atoms with E-state index in [0.29, 0.717) is 19.0 Å². The van der Waals surface area contributed by atoms with Gasteiger partial charge in [0, 0.05) is 12.7 Å². The van der Waals surface area contributed by atoms with Crippen molar-refractivity contribution in [1.82, 2.24) is 19.9 Å². The smallest absolute Gasteiger partial charge is 0.196 e. The molecule has 1 aliphatic heterocycles. The Balaban J connectivity index is 2.06. The molecule has 1 N–H and O–H groups in total. The van der Waals surface area contributed by atoms with E-state index in [4.69, 9.17) is 4.74 Å². The van der Waals surface area contributed by atoms with Gasteiger partial charge in [-0.2, -0.15) is 0 Å². The minimum Gasteiger partial charge on any atom is -0.378 e. The average molecular weight is 222 g/mol. The highest BCUT2D eigenvalue weighted by Gasteiger charge is 2.21. The van der Waals surface area contributed by atoms with Crippen molar-refractivity contribution in [3.8, 4) is 0 Å². The molecule has 2 aromatic heterocycles. The van der Waals surface area contributed by atoms with Crippen LogP contribution in [0.1, 0.15) is 11.9 Å². The minimum absolute atomic E-state index is 0.0226. The number of nitrogens with one attached hydrogen (secondary N) is 1. The van der Waals surface area contributed by atoms with Gasteiger partial charge in [0.15, 0.2) is 17.3 Å². The van der Waals surface area contributed by atoms with Crippen LogP contribution in [-0.2, 0) is 4.74 Å². The maximum atomic E-state index is 13.4. The topological polar surface area (TPSA) is 51.5 Å². The second-order valence-corrected chi connectivity index (χ2v) is 3.69. The molecular formula is C10H11FN4O. The van der Waals surface area contributed by atoms with Crippen LogP contribution in [0.25, 0.3) is 5.65 Å². The quantitative estimate of drug-likeness (QED) is 0.764. The number of rotatable bonds is 1. The molecule has 84 valence electrons. The summed E-state index contributed by atoms with van der Waals surface area (Å²) in [7, 11) is 0. The van der Waals surface area contributed by atoms with Crippen molar-refractivity contribution in [1.29, 1.82) is 0 Å². The van der Waals surface area contributed by atoms with Crippen molar-refractivity contribution in [3.63, 3.8) is 0 Å². The molecular weight excluding hydrogens is 211 g/mol. The zero-order chi connectivity index (χ0) is 11.0. The van der Waals surface area contributed by atoms with Crippen LogP contribution in [0.2, 0.25) is 0 Å². The van der Waals surface area contributed by atoms with Crippen molar-refractivity contribution in [2.45, 2.75) is 6.04 Å². The molecule has 0 aromatic carbocycles. The maximum Gasteiger partial charge on any atom is 0.196 e. The van der Waals surface area contributed by atoms with Crippen molar-refractivity contribution in [3.05, 3.63) is 30.0 Å². The highest BCUT2D eigenvalue weighted by atomic mass is 19.1. The summed E-state index contributed by atoms with van der Waals surface area (Å²) in [5, 5.41) is 11.1. The normalized spacial score (nSPS) is 21.4. The molecule has 1 unspecified atom stereocenters. The Morgan fingerprint density at radius 1 is 1.50 bits per heavy atom. The fourth-order valence-corrected chi connectivity index (χ4v) is 1.87. The van der Waals surface area contributed by atoms with E-state index in [1.807, 2.05) is 0 Å². The van der Waals surface area contributed by atoms with Crippen LogP contribution in [-0.4, -0.2) is 34.4 Å². The molecule has 3 heterocycles. The van der Waals surface area contributed by atoms with E-state index in [-0.39, 0.29) is 17.5 Å². The number of ether oxygens (including phenoxy) is 1. The number of pyridine rings is 1. The van der Waals surface area contributed by atoms with Crippen LogP contribution in [0.3, 0.4) is 0 Å². The first kappa shape index (κ1) is 9.68. The van der Waals surface area contributed by atoms with E-state index >= 15 is 0 Å². The van der Waals surface area contributed by atoms with E-state index in [9.17, 15) is 4.39 Å². The van der Waals surface area contributed by atoms with E-state index in [1.165, 1.54) is 6.07 Å². The molecule has 16 heavy (non-hydrogen) atoms. The van der Waals surface area contributed by atoms with E-state index in [1.54, 1.807) is 16.7 Å². The van der Waals surface area contributed by atoms with Gasteiger partial charge in [0.1, 0.15) is 0 Å². The Labute approximate surface area is 91.2 Å². The van der Waals surface area contributed by atoms with Gasteiger partial charge in [-0.15, -0.1) is 10.2 Å². The van der Waals surface area contributed by atoms with Gasteiger partial charge in [0.05, 0.1) is 19.3 Å². The lowest BCUT2D eigenvalue weighted by Crippen LogP contribution is -2.35. The first-order chi connectivity index (χ1) is 7.86. The predicted molar refractivity (Wildman–Crippen MR) is 54.5 cm³/mol. The van der Waals surface area contributed by atoms with Gasteiger partial charge in [-0.05, 0) is 12.1 Å². The number of nitrogens with zero attached hydrogens (tertiary/aromatic N) is 3. The maximum absolute atomic E-state index is 13.4. The molecule has 3 rings (SSSR count). The van der Waals surface area contributed by atoms with E-state index in [0.717, 1.165) is 6.54 Å². The highest BCUT2D eigenvalue weighted by molar-refractivity contribution is 5.39. The van der Waals surface area contributed by atoms with Gasteiger partial charge in [-0.3, -0.25) is 4.40 Å². The van der Waals surface area contributed by atoms with Gasteiger partial charge >= 0.3 is 0 Å². The van der Waals surface area contributed by atoms with Crippen LogP contribution >= 0.6 is 0 Å². The van der Waals surface area contributed by atoms with Gasteiger partial charge in [0.2, 0.25) is 0 Å². The largest absolute Gasteiger partial charge is 0.378 e. The molecule has 1 saturated heterocycles. The summed E-state index contributed by atoms with van der Waals surface area (Å²) >= 11 is 0. The summed E-state index contributed by atoms with van der Waals surface area (Å²) < 4.78 is 20.4. The third-order valence-corrected chi connectivity index (χ3v) is 2.65. The molecule has 0 radical (unpaired) electrons. The predicted octanol–water partition coefficient (Wildman–Crippen LogP) is 0.529. The Hall–Kier alpha value is -1.53. The van der Waals surface area contributed by atoms with Crippen molar-refractivity contribution in [2.24, 2.45) is 0 Å². The SMILES string of the molecule is Fc1cccn2c(C3COCCN3)nnc12. The molecule has 0 spiro atoms. The monoisotopic (exact) mass is 222 g/mol. The van der Waals surface area contributed by atoms with Gasteiger partial charge < -0.3 is 10.1 Å². The Bertz CT molecular complexity index is 506. The zero-order valence-electron chi connectivity index (χ0n) is 8.56. The number of hydrogen-bond acceptors (Lipinski definition) is 4. The Morgan fingerprint density at radius 3 is 3.25 bits per heavy atom. The first-order valence-electron chi connectivity index (χ1n) is 5.16.